The van der Waals surface area contributed by atoms with E-state index in [1.165, 1.54) is 6.07 Å². The minimum atomic E-state index is -4.63. The lowest BCUT2D eigenvalue weighted by Crippen LogP contribution is -2.07. The summed E-state index contributed by atoms with van der Waals surface area (Å²) in [6.07, 6.45) is 6.92. The highest BCUT2D eigenvalue weighted by atomic mass is 19.4. The number of nitriles is 1. The normalized spacial score (nSPS) is 13.5. The van der Waals surface area contributed by atoms with E-state index < -0.39 is 17.5 Å². The number of phenolic OH excluding ortho intramolecular Hbond substituents is 1. The average molecular weight is 391 g/mol. The van der Waals surface area contributed by atoms with Crippen LogP contribution in [0.5, 0.6) is 5.75 Å². The molecule has 3 rings (SSSR count). The highest BCUT2D eigenvalue weighted by Crippen LogP contribution is 2.34. The summed E-state index contributed by atoms with van der Waals surface area (Å²) in [6.45, 7) is 0. The van der Waals surface area contributed by atoms with Crippen molar-refractivity contribution in [2.45, 2.75) is 19.0 Å². The molecule has 0 amide bonds. The third kappa shape index (κ3) is 4.97. The second-order valence-electron chi connectivity index (χ2n) is 6.38. The van der Waals surface area contributed by atoms with Gasteiger partial charge in [0.2, 0.25) is 0 Å². The predicted octanol–water partition coefficient (Wildman–Crippen LogP) is 5.97. The van der Waals surface area contributed by atoms with Crippen LogP contribution in [0.2, 0.25) is 0 Å². The topological polar surface area (TPSA) is 44.0 Å². The van der Waals surface area contributed by atoms with Gasteiger partial charge in [-0.3, -0.25) is 0 Å². The maximum atomic E-state index is 13.3. The lowest BCUT2D eigenvalue weighted by atomic mass is 9.95. The molecule has 2 aromatic carbocycles. The van der Waals surface area contributed by atoms with Crippen molar-refractivity contribution < 1.29 is 18.3 Å². The number of aromatic hydroxyl groups is 1. The van der Waals surface area contributed by atoms with E-state index in [1.807, 2.05) is 30.4 Å². The van der Waals surface area contributed by atoms with E-state index in [1.54, 1.807) is 18.2 Å². The van der Waals surface area contributed by atoms with E-state index in [9.17, 15) is 23.5 Å². The Morgan fingerprint density at radius 1 is 0.931 bits per heavy atom. The van der Waals surface area contributed by atoms with Gasteiger partial charge in [0.1, 0.15) is 5.75 Å². The van der Waals surface area contributed by atoms with Gasteiger partial charge in [0, 0.05) is 11.1 Å². The third-order valence-corrected chi connectivity index (χ3v) is 4.31. The zero-order valence-electron chi connectivity index (χ0n) is 15.3. The Labute approximate surface area is 166 Å². The van der Waals surface area contributed by atoms with Gasteiger partial charge in [0.15, 0.2) is 0 Å². The molecule has 29 heavy (non-hydrogen) atoms. The first kappa shape index (κ1) is 20.0. The summed E-state index contributed by atoms with van der Waals surface area (Å²) in [7, 11) is 0. The Kier molecular flexibility index (Phi) is 5.90. The molecule has 1 aliphatic rings. The largest absolute Gasteiger partial charge is 0.508 e. The lowest BCUT2D eigenvalue weighted by molar-refractivity contribution is -0.137. The number of alkyl halides is 3. The van der Waals surface area contributed by atoms with Crippen molar-refractivity contribution in [3.8, 4) is 23.7 Å². The molecular weight excluding hydrogens is 375 g/mol. The first-order chi connectivity index (χ1) is 13.9. The van der Waals surface area contributed by atoms with Gasteiger partial charge in [-0.15, -0.1) is 0 Å². The zero-order valence-corrected chi connectivity index (χ0v) is 15.3. The van der Waals surface area contributed by atoms with Gasteiger partial charge < -0.3 is 5.11 Å². The van der Waals surface area contributed by atoms with Gasteiger partial charge in [0.25, 0.3) is 0 Å². The van der Waals surface area contributed by atoms with Crippen LogP contribution in [0.4, 0.5) is 13.2 Å². The summed E-state index contributed by atoms with van der Waals surface area (Å²) < 4.78 is 39.8. The first-order valence-corrected chi connectivity index (χ1v) is 8.88. The number of halogens is 3. The number of hydrogen-bond donors (Lipinski definition) is 1. The Morgan fingerprint density at radius 3 is 2.41 bits per heavy atom. The number of allylic oxidation sites excluding steroid dienone is 6. The minimum Gasteiger partial charge on any atom is -0.508 e. The molecule has 0 aromatic heterocycles. The van der Waals surface area contributed by atoms with Crippen molar-refractivity contribution in [3.63, 3.8) is 0 Å². The van der Waals surface area contributed by atoms with E-state index in [-0.39, 0.29) is 5.56 Å². The maximum absolute atomic E-state index is 13.3. The van der Waals surface area contributed by atoms with Crippen LogP contribution < -0.4 is 0 Å². The van der Waals surface area contributed by atoms with Crippen LogP contribution in [0.15, 0.2) is 66.8 Å². The molecule has 0 saturated heterocycles. The van der Waals surface area contributed by atoms with Gasteiger partial charge in [-0.25, -0.2) is 0 Å². The molecule has 0 aliphatic heterocycles. The average Bonchev–Trinajstić information content (AvgIpc) is 2.66. The maximum Gasteiger partial charge on any atom is 0.417 e. The van der Waals surface area contributed by atoms with Gasteiger partial charge in [-0.1, -0.05) is 42.2 Å². The molecule has 0 unspecified atom stereocenters. The Hall–Kier alpha value is -3.70. The Morgan fingerprint density at radius 2 is 1.66 bits per heavy atom. The number of nitrogens with zero attached hydrogens (tertiary/aromatic N) is 1. The molecule has 0 heterocycles. The van der Waals surface area contributed by atoms with Gasteiger partial charge >= 0.3 is 6.18 Å². The minimum absolute atomic E-state index is 0.229. The fourth-order valence-electron chi connectivity index (χ4n) is 2.88. The SMILES string of the molecule is N#Cc1ccc(C#Cc2ccc(O)cc2C(F)(F)F)c(C2=CC=CCCC=C2)c1. The van der Waals surface area contributed by atoms with E-state index in [4.69, 9.17) is 0 Å². The van der Waals surface area contributed by atoms with Crippen LogP contribution in [-0.4, -0.2) is 5.11 Å². The molecule has 0 fully saturated rings. The number of hydrogen-bond acceptors (Lipinski definition) is 2. The molecule has 0 bridgehead atoms. The molecule has 144 valence electrons. The van der Waals surface area contributed by atoms with Gasteiger partial charge in [0.05, 0.1) is 17.2 Å². The number of phenols is 1. The predicted molar refractivity (Wildman–Crippen MR) is 106 cm³/mol. The fraction of sp³-hybridized carbons (Fsp3) is 0.125. The summed E-state index contributed by atoms with van der Waals surface area (Å²) in [6, 6.07) is 9.94. The van der Waals surface area contributed by atoms with E-state index in [0.717, 1.165) is 24.5 Å². The Balaban J connectivity index is 2.12. The Bertz CT molecular complexity index is 1120. The molecule has 0 spiro atoms. The monoisotopic (exact) mass is 391 g/mol. The lowest BCUT2D eigenvalue weighted by Gasteiger charge is -2.10. The highest BCUT2D eigenvalue weighted by molar-refractivity contribution is 5.80. The molecule has 2 aromatic rings. The van der Waals surface area contributed by atoms with E-state index >= 15 is 0 Å². The smallest absolute Gasteiger partial charge is 0.417 e. The summed E-state index contributed by atoms with van der Waals surface area (Å²) in [5.41, 5.74) is 1.22. The first-order valence-electron chi connectivity index (χ1n) is 8.88. The molecule has 0 radical (unpaired) electrons. The van der Waals surface area contributed by atoms with E-state index in [2.05, 4.69) is 17.9 Å². The van der Waals surface area contributed by atoms with Crippen LogP contribution >= 0.6 is 0 Å². The van der Waals surface area contributed by atoms with Crippen LogP contribution in [0.3, 0.4) is 0 Å². The van der Waals surface area contributed by atoms with Crippen molar-refractivity contribution >= 4 is 5.57 Å². The highest BCUT2D eigenvalue weighted by Gasteiger charge is 2.33. The number of benzene rings is 2. The van der Waals surface area contributed by atoms with Crippen molar-refractivity contribution in [3.05, 3.63) is 94.6 Å². The van der Waals surface area contributed by atoms with Crippen LogP contribution in [-0.2, 0) is 6.18 Å². The standard InChI is InChI=1S/C24H16F3NO/c25-24(26,27)23-15-21(29)13-12-20(23)11-10-19-9-8-17(16-28)14-22(19)18-6-4-2-1-3-5-7-18/h2,4-9,12-15,29H,1,3H2. The van der Waals surface area contributed by atoms with Crippen molar-refractivity contribution in [1.82, 2.24) is 0 Å². The molecule has 1 aliphatic carbocycles. The molecule has 0 saturated carbocycles. The quantitative estimate of drug-likeness (QED) is 0.609. The molecule has 5 heteroatoms. The van der Waals surface area contributed by atoms with Crippen molar-refractivity contribution in [2.24, 2.45) is 0 Å². The molecule has 2 nitrogen and oxygen atoms in total. The van der Waals surface area contributed by atoms with Crippen LogP contribution in [0.1, 0.15) is 40.7 Å². The van der Waals surface area contributed by atoms with Crippen LogP contribution in [0.25, 0.3) is 5.57 Å². The van der Waals surface area contributed by atoms with E-state index in [0.29, 0.717) is 22.8 Å². The van der Waals surface area contributed by atoms with Crippen LogP contribution in [0, 0.1) is 23.2 Å². The van der Waals surface area contributed by atoms with Gasteiger partial charge in [-0.05, 0) is 60.4 Å². The number of rotatable bonds is 1. The summed E-state index contributed by atoms with van der Waals surface area (Å²) >= 11 is 0. The van der Waals surface area contributed by atoms with Crippen molar-refractivity contribution in [2.75, 3.05) is 0 Å². The van der Waals surface area contributed by atoms with Gasteiger partial charge in [-0.2, -0.15) is 18.4 Å². The molecule has 0 atom stereocenters. The fourth-order valence-corrected chi connectivity index (χ4v) is 2.88. The summed E-state index contributed by atoms with van der Waals surface area (Å²) in [5, 5.41) is 18.6. The third-order valence-electron chi connectivity index (χ3n) is 4.31. The van der Waals surface area contributed by atoms with Crippen molar-refractivity contribution in [1.29, 1.82) is 5.26 Å². The molecular formula is C24H16F3NO. The summed E-state index contributed by atoms with van der Waals surface area (Å²) in [5.74, 6) is 4.91. The second kappa shape index (κ2) is 8.54. The second-order valence-corrected chi connectivity index (χ2v) is 6.38. The summed E-state index contributed by atoms with van der Waals surface area (Å²) in [4.78, 5) is 0. The zero-order chi connectivity index (χ0) is 20.9. The molecule has 1 N–H and O–H groups in total.